The van der Waals surface area contributed by atoms with Crippen molar-refractivity contribution in [1.82, 2.24) is 0 Å². The Balaban J connectivity index is 1.81. The monoisotopic (exact) mass is 336 g/mol. The van der Waals surface area contributed by atoms with Crippen molar-refractivity contribution in [1.29, 1.82) is 0 Å². The van der Waals surface area contributed by atoms with Gasteiger partial charge in [-0.3, -0.25) is 0 Å². The third kappa shape index (κ3) is 4.14. The van der Waals surface area contributed by atoms with E-state index in [9.17, 15) is 9.59 Å². The number of benzene rings is 2. The molecule has 0 saturated heterocycles. The van der Waals surface area contributed by atoms with E-state index in [0.29, 0.717) is 16.9 Å². The maximum absolute atomic E-state index is 12.6. The fourth-order valence-electron chi connectivity index (χ4n) is 2.21. The summed E-state index contributed by atoms with van der Waals surface area (Å²) in [5, 5.41) is 0. The smallest absolute Gasteiger partial charge is 0.347 e. The van der Waals surface area contributed by atoms with Gasteiger partial charge in [0.2, 0.25) is 0 Å². The standard InChI is InChI=1S/C20H16O5/c1-14-12-18(25-19(14)21)23-13-17(15-8-4-2-5-9-15)20(22)24-16-10-6-3-7-11-16/h2-13,18H,1H3/b17-13+. The Morgan fingerprint density at radius 3 is 2.28 bits per heavy atom. The van der Waals surface area contributed by atoms with Crippen LogP contribution in [0.4, 0.5) is 0 Å². The first-order valence-corrected chi connectivity index (χ1v) is 7.71. The number of cyclic esters (lactones) is 1. The molecule has 0 saturated carbocycles. The zero-order valence-electron chi connectivity index (χ0n) is 13.5. The van der Waals surface area contributed by atoms with Crippen molar-refractivity contribution < 1.29 is 23.8 Å². The van der Waals surface area contributed by atoms with E-state index in [1.165, 1.54) is 6.26 Å². The highest BCUT2D eigenvalue weighted by Crippen LogP contribution is 2.21. The van der Waals surface area contributed by atoms with Crippen molar-refractivity contribution in [3.63, 3.8) is 0 Å². The maximum atomic E-state index is 12.6. The highest BCUT2D eigenvalue weighted by atomic mass is 16.7. The van der Waals surface area contributed by atoms with Crippen molar-refractivity contribution in [2.45, 2.75) is 13.2 Å². The van der Waals surface area contributed by atoms with Crippen molar-refractivity contribution in [2.75, 3.05) is 0 Å². The first kappa shape index (κ1) is 16.5. The SMILES string of the molecule is CC1=CC(O/C=C(/C(=O)Oc2ccccc2)c2ccccc2)OC1=O. The molecule has 0 amide bonds. The molecule has 126 valence electrons. The minimum absolute atomic E-state index is 0.221. The first-order chi connectivity index (χ1) is 12.1. The highest BCUT2D eigenvalue weighted by molar-refractivity contribution is 6.17. The molecule has 1 aliphatic heterocycles. The molecule has 0 spiro atoms. The lowest BCUT2D eigenvalue weighted by Gasteiger charge is -2.11. The number of rotatable bonds is 5. The minimum atomic E-state index is -0.851. The molecule has 1 unspecified atom stereocenters. The van der Waals surface area contributed by atoms with Crippen molar-refractivity contribution >= 4 is 17.5 Å². The second-order valence-electron chi connectivity index (χ2n) is 5.36. The average Bonchev–Trinajstić information content (AvgIpc) is 2.95. The van der Waals surface area contributed by atoms with Gasteiger partial charge >= 0.3 is 11.9 Å². The third-order valence-electron chi connectivity index (χ3n) is 3.51. The third-order valence-corrected chi connectivity index (χ3v) is 3.51. The normalized spacial score (nSPS) is 16.8. The fraction of sp³-hybridized carbons (Fsp3) is 0.100. The molecular weight excluding hydrogens is 320 g/mol. The Hall–Kier alpha value is -3.34. The molecule has 2 aromatic carbocycles. The molecular formula is C20H16O5. The molecule has 0 aliphatic carbocycles. The van der Waals surface area contributed by atoms with Gasteiger partial charge in [-0.1, -0.05) is 48.5 Å². The van der Waals surface area contributed by atoms with Gasteiger partial charge in [-0.25, -0.2) is 9.59 Å². The number of para-hydroxylation sites is 1. The van der Waals surface area contributed by atoms with Gasteiger partial charge in [0.05, 0.1) is 0 Å². The lowest BCUT2D eigenvalue weighted by molar-refractivity contribution is -0.152. The summed E-state index contributed by atoms with van der Waals surface area (Å²) in [4.78, 5) is 23.9. The maximum Gasteiger partial charge on any atom is 0.347 e. The number of carbonyl (C=O) groups excluding carboxylic acids is 2. The van der Waals surface area contributed by atoms with Gasteiger partial charge in [0, 0.05) is 11.6 Å². The summed E-state index contributed by atoms with van der Waals surface area (Å²) in [7, 11) is 0. The summed E-state index contributed by atoms with van der Waals surface area (Å²) in [5.41, 5.74) is 1.32. The van der Waals surface area contributed by atoms with Crippen LogP contribution in [0.5, 0.6) is 5.75 Å². The molecule has 0 N–H and O–H groups in total. The average molecular weight is 336 g/mol. The summed E-state index contributed by atoms with van der Waals surface area (Å²) in [5.74, 6) is -0.577. The molecule has 0 bridgehead atoms. The van der Waals surface area contributed by atoms with Gasteiger partial charge in [0.25, 0.3) is 6.29 Å². The minimum Gasteiger partial charge on any atom is -0.458 e. The molecule has 25 heavy (non-hydrogen) atoms. The van der Waals surface area contributed by atoms with Gasteiger partial charge in [-0.05, 0) is 24.6 Å². The van der Waals surface area contributed by atoms with Crippen LogP contribution >= 0.6 is 0 Å². The second kappa shape index (κ2) is 7.49. The van der Waals surface area contributed by atoms with Crippen molar-refractivity contribution in [2.24, 2.45) is 0 Å². The quantitative estimate of drug-likeness (QED) is 0.362. The zero-order chi connectivity index (χ0) is 17.6. The molecule has 5 heteroatoms. The molecule has 3 rings (SSSR count). The summed E-state index contributed by atoms with van der Waals surface area (Å²) >= 11 is 0. The highest BCUT2D eigenvalue weighted by Gasteiger charge is 2.23. The van der Waals surface area contributed by atoms with Crippen LogP contribution < -0.4 is 4.74 Å². The fourth-order valence-corrected chi connectivity index (χ4v) is 2.21. The van der Waals surface area contributed by atoms with E-state index >= 15 is 0 Å². The first-order valence-electron chi connectivity index (χ1n) is 7.71. The van der Waals surface area contributed by atoms with Crippen molar-refractivity contribution in [3.05, 3.63) is 84.1 Å². The van der Waals surface area contributed by atoms with Crippen LogP contribution in [0.3, 0.4) is 0 Å². The summed E-state index contributed by atoms with van der Waals surface area (Å²) in [6.45, 7) is 1.64. The van der Waals surface area contributed by atoms with Gasteiger partial charge in [-0.15, -0.1) is 0 Å². The van der Waals surface area contributed by atoms with Crippen LogP contribution in [0.1, 0.15) is 12.5 Å². The van der Waals surface area contributed by atoms with Gasteiger partial charge in [0.1, 0.15) is 17.6 Å². The summed E-state index contributed by atoms with van der Waals surface area (Å²) in [6.07, 6.45) is 1.95. The van der Waals surface area contributed by atoms with E-state index in [2.05, 4.69) is 0 Å². The second-order valence-corrected chi connectivity index (χ2v) is 5.36. The predicted octanol–water partition coefficient (Wildman–Crippen LogP) is 3.48. The van der Waals surface area contributed by atoms with Gasteiger partial charge in [-0.2, -0.15) is 0 Å². The number of hydrogen-bond donors (Lipinski definition) is 0. The lowest BCUT2D eigenvalue weighted by Crippen LogP contribution is -2.14. The number of ether oxygens (including phenoxy) is 3. The molecule has 0 aromatic heterocycles. The Morgan fingerprint density at radius 1 is 1.04 bits per heavy atom. The number of hydrogen-bond acceptors (Lipinski definition) is 5. The van der Waals surface area contributed by atoms with E-state index < -0.39 is 18.2 Å². The molecule has 5 nitrogen and oxygen atoms in total. The van der Waals surface area contributed by atoms with E-state index in [-0.39, 0.29) is 5.57 Å². The van der Waals surface area contributed by atoms with Gasteiger partial charge in [0.15, 0.2) is 0 Å². The predicted molar refractivity (Wildman–Crippen MR) is 91.2 cm³/mol. The summed E-state index contributed by atoms with van der Waals surface area (Å²) in [6, 6.07) is 17.7. The molecule has 0 fully saturated rings. The van der Waals surface area contributed by atoms with Crippen LogP contribution in [0.25, 0.3) is 5.57 Å². The van der Waals surface area contributed by atoms with Crippen LogP contribution in [-0.4, -0.2) is 18.2 Å². The van der Waals surface area contributed by atoms with E-state index in [4.69, 9.17) is 14.2 Å². The Kier molecular flexibility index (Phi) is 4.95. The van der Waals surface area contributed by atoms with Crippen LogP contribution in [-0.2, 0) is 19.1 Å². The Bertz CT molecular complexity index is 822. The van der Waals surface area contributed by atoms with Crippen molar-refractivity contribution in [3.8, 4) is 5.75 Å². The largest absolute Gasteiger partial charge is 0.458 e. The van der Waals surface area contributed by atoms with Crippen LogP contribution in [0.2, 0.25) is 0 Å². The molecule has 1 atom stereocenters. The number of esters is 2. The molecule has 1 aliphatic rings. The van der Waals surface area contributed by atoms with E-state index in [1.807, 2.05) is 12.1 Å². The topological polar surface area (TPSA) is 61.8 Å². The lowest BCUT2D eigenvalue weighted by atomic mass is 10.1. The molecule has 2 aromatic rings. The van der Waals surface area contributed by atoms with Crippen LogP contribution in [0.15, 0.2) is 78.6 Å². The Labute approximate surface area is 145 Å². The molecule has 1 heterocycles. The number of carbonyl (C=O) groups is 2. The van der Waals surface area contributed by atoms with Crippen LogP contribution in [0, 0.1) is 0 Å². The summed E-state index contributed by atoms with van der Waals surface area (Å²) < 4.78 is 15.8. The van der Waals surface area contributed by atoms with Gasteiger partial charge < -0.3 is 14.2 Å². The Morgan fingerprint density at radius 2 is 1.68 bits per heavy atom. The molecule has 0 radical (unpaired) electrons. The van der Waals surface area contributed by atoms with E-state index in [0.717, 1.165) is 0 Å². The van der Waals surface area contributed by atoms with E-state index in [1.54, 1.807) is 61.5 Å². The zero-order valence-corrected chi connectivity index (χ0v) is 13.5.